The zero-order chi connectivity index (χ0) is 20.2. The highest BCUT2D eigenvalue weighted by molar-refractivity contribution is 5.94. The lowest BCUT2D eigenvalue weighted by atomic mass is 9.93. The highest BCUT2D eigenvalue weighted by Crippen LogP contribution is 2.29. The fourth-order valence-electron chi connectivity index (χ4n) is 3.50. The van der Waals surface area contributed by atoms with Crippen LogP contribution in [0.3, 0.4) is 0 Å². The Balaban J connectivity index is 1.63. The van der Waals surface area contributed by atoms with E-state index in [2.05, 4.69) is 19.9 Å². The number of aromatic nitrogens is 5. The van der Waals surface area contributed by atoms with Gasteiger partial charge in [-0.25, -0.2) is 15.0 Å². The number of rotatable bonds is 4. The Morgan fingerprint density at radius 1 is 1.10 bits per heavy atom. The van der Waals surface area contributed by atoms with Gasteiger partial charge in [-0.15, -0.1) is 0 Å². The van der Waals surface area contributed by atoms with Gasteiger partial charge < -0.3 is 9.80 Å². The van der Waals surface area contributed by atoms with Gasteiger partial charge in [-0.3, -0.25) is 14.8 Å². The zero-order valence-electron chi connectivity index (χ0n) is 16.6. The van der Waals surface area contributed by atoms with Crippen molar-refractivity contribution in [1.29, 1.82) is 0 Å². The molecule has 29 heavy (non-hydrogen) atoms. The number of nitrogens with zero attached hydrogens (tertiary/aromatic N) is 7. The normalized spacial score (nSPS) is 16.5. The molecule has 8 nitrogen and oxygen atoms in total. The Labute approximate surface area is 169 Å². The molecule has 1 atom stereocenters. The minimum Gasteiger partial charge on any atom is -0.363 e. The second-order valence-electron chi connectivity index (χ2n) is 7.29. The van der Waals surface area contributed by atoms with Crippen molar-refractivity contribution in [3.63, 3.8) is 0 Å². The van der Waals surface area contributed by atoms with Crippen LogP contribution in [0.5, 0.6) is 0 Å². The quantitative estimate of drug-likeness (QED) is 0.677. The predicted octanol–water partition coefficient (Wildman–Crippen LogP) is 2.41. The van der Waals surface area contributed by atoms with E-state index in [9.17, 15) is 4.79 Å². The Bertz CT molecular complexity index is 979. The number of pyridine rings is 1. The molecule has 0 saturated carbocycles. The molecule has 1 saturated heterocycles. The molecule has 0 aromatic carbocycles. The molecule has 3 aromatic heterocycles. The molecule has 0 unspecified atom stereocenters. The highest BCUT2D eigenvalue weighted by Gasteiger charge is 2.27. The monoisotopic (exact) mass is 389 g/mol. The van der Waals surface area contributed by atoms with E-state index in [0.29, 0.717) is 23.6 Å². The molecule has 148 valence electrons. The predicted molar refractivity (Wildman–Crippen MR) is 110 cm³/mol. The van der Waals surface area contributed by atoms with Crippen LogP contribution in [-0.4, -0.2) is 62.9 Å². The van der Waals surface area contributed by atoms with Crippen LogP contribution in [-0.2, 0) is 0 Å². The van der Waals surface area contributed by atoms with Crippen LogP contribution < -0.4 is 4.90 Å². The standard InChI is InChI=1S/C21H23N7O/c1-27(2)19-12-17(25-20(26-19)18-13-23-9-10-24-18)16-4-3-11-28(14-16)21(29)15-5-7-22-8-6-15/h5-10,12-13,16H,3-4,11,14H2,1-2H3/t16-/m1/s1. The summed E-state index contributed by atoms with van der Waals surface area (Å²) in [4.78, 5) is 38.6. The summed E-state index contributed by atoms with van der Waals surface area (Å²) in [6.07, 6.45) is 10.1. The molecule has 1 aliphatic heterocycles. The first-order valence-corrected chi connectivity index (χ1v) is 9.64. The van der Waals surface area contributed by atoms with Gasteiger partial charge in [0.15, 0.2) is 5.82 Å². The molecule has 0 aliphatic carbocycles. The maximum absolute atomic E-state index is 12.9. The second kappa shape index (κ2) is 8.30. The van der Waals surface area contributed by atoms with E-state index < -0.39 is 0 Å². The van der Waals surface area contributed by atoms with Crippen molar-refractivity contribution < 1.29 is 4.79 Å². The molecule has 4 rings (SSSR count). The van der Waals surface area contributed by atoms with Crippen molar-refractivity contribution >= 4 is 11.7 Å². The fourth-order valence-corrected chi connectivity index (χ4v) is 3.50. The first kappa shape index (κ1) is 18.9. The van der Waals surface area contributed by atoms with Gasteiger partial charge in [0.25, 0.3) is 5.91 Å². The molecule has 1 aliphatic rings. The van der Waals surface area contributed by atoms with Gasteiger partial charge in [-0.2, -0.15) is 0 Å². The molecule has 1 amide bonds. The minimum atomic E-state index is 0.0353. The lowest BCUT2D eigenvalue weighted by Crippen LogP contribution is -2.39. The van der Waals surface area contributed by atoms with Gasteiger partial charge in [-0.1, -0.05) is 0 Å². The number of anilines is 1. The molecular formula is C21H23N7O. The van der Waals surface area contributed by atoms with Crippen molar-refractivity contribution in [1.82, 2.24) is 29.8 Å². The second-order valence-corrected chi connectivity index (χ2v) is 7.29. The summed E-state index contributed by atoms with van der Waals surface area (Å²) < 4.78 is 0. The van der Waals surface area contributed by atoms with E-state index in [-0.39, 0.29) is 11.8 Å². The Morgan fingerprint density at radius 3 is 2.66 bits per heavy atom. The van der Waals surface area contributed by atoms with Crippen LogP contribution in [0, 0.1) is 0 Å². The number of piperidine rings is 1. The van der Waals surface area contributed by atoms with Crippen LogP contribution in [0.1, 0.15) is 34.8 Å². The smallest absolute Gasteiger partial charge is 0.253 e. The van der Waals surface area contributed by atoms with Gasteiger partial charge in [0.05, 0.1) is 11.9 Å². The number of amides is 1. The third-order valence-corrected chi connectivity index (χ3v) is 5.04. The number of likely N-dealkylation sites (tertiary alicyclic amines) is 1. The summed E-state index contributed by atoms with van der Waals surface area (Å²) >= 11 is 0. The van der Waals surface area contributed by atoms with E-state index in [1.807, 2.05) is 30.0 Å². The topological polar surface area (TPSA) is 88.0 Å². The van der Waals surface area contributed by atoms with Crippen molar-refractivity contribution in [2.45, 2.75) is 18.8 Å². The molecule has 1 fully saturated rings. The number of hydrogen-bond donors (Lipinski definition) is 0. The summed E-state index contributed by atoms with van der Waals surface area (Å²) in [5.41, 5.74) is 2.23. The fraction of sp³-hybridized carbons (Fsp3) is 0.333. The van der Waals surface area contributed by atoms with Crippen LogP contribution in [0.15, 0.2) is 49.2 Å². The lowest BCUT2D eigenvalue weighted by molar-refractivity contribution is 0.0706. The van der Waals surface area contributed by atoms with Gasteiger partial charge in [0.1, 0.15) is 11.5 Å². The molecule has 0 N–H and O–H groups in total. The molecule has 0 radical (unpaired) electrons. The van der Waals surface area contributed by atoms with Gasteiger partial charge in [0.2, 0.25) is 0 Å². The molecule has 4 heterocycles. The van der Waals surface area contributed by atoms with Gasteiger partial charge in [0, 0.05) is 69.5 Å². The van der Waals surface area contributed by atoms with Crippen LogP contribution >= 0.6 is 0 Å². The molecule has 0 spiro atoms. The third-order valence-electron chi connectivity index (χ3n) is 5.04. The number of carbonyl (C=O) groups excluding carboxylic acids is 1. The van der Waals surface area contributed by atoms with Crippen LogP contribution in [0.2, 0.25) is 0 Å². The number of hydrogen-bond acceptors (Lipinski definition) is 7. The summed E-state index contributed by atoms with van der Waals surface area (Å²) in [5, 5.41) is 0. The van der Waals surface area contributed by atoms with Crippen LogP contribution in [0.4, 0.5) is 5.82 Å². The minimum absolute atomic E-state index is 0.0353. The van der Waals surface area contributed by atoms with E-state index in [0.717, 1.165) is 30.9 Å². The Hall–Kier alpha value is -3.42. The maximum atomic E-state index is 12.9. The number of carbonyl (C=O) groups is 1. The van der Waals surface area contributed by atoms with E-state index >= 15 is 0 Å². The molecular weight excluding hydrogens is 366 g/mol. The van der Waals surface area contributed by atoms with Crippen molar-refractivity contribution in [2.24, 2.45) is 0 Å². The third kappa shape index (κ3) is 4.21. The Kier molecular flexibility index (Phi) is 5.41. The summed E-state index contributed by atoms with van der Waals surface area (Å²) in [6.45, 7) is 1.38. The summed E-state index contributed by atoms with van der Waals surface area (Å²) in [6, 6.07) is 5.52. The molecule has 8 heteroatoms. The van der Waals surface area contributed by atoms with Crippen LogP contribution in [0.25, 0.3) is 11.5 Å². The lowest BCUT2D eigenvalue weighted by Gasteiger charge is -2.33. The van der Waals surface area contributed by atoms with Crippen molar-refractivity contribution in [2.75, 3.05) is 32.1 Å². The van der Waals surface area contributed by atoms with Crippen molar-refractivity contribution in [3.8, 4) is 11.5 Å². The Morgan fingerprint density at radius 2 is 1.93 bits per heavy atom. The largest absolute Gasteiger partial charge is 0.363 e. The van der Waals surface area contributed by atoms with Gasteiger partial charge >= 0.3 is 0 Å². The zero-order valence-corrected chi connectivity index (χ0v) is 16.6. The molecule has 3 aromatic rings. The summed E-state index contributed by atoms with van der Waals surface area (Å²) in [5.74, 6) is 1.55. The van der Waals surface area contributed by atoms with Crippen molar-refractivity contribution in [3.05, 3.63) is 60.4 Å². The van der Waals surface area contributed by atoms with E-state index in [1.165, 1.54) is 0 Å². The summed E-state index contributed by atoms with van der Waals surface area (Å²) in [7, 11) is 3.90. The first-order valence-electron chi connectivity index (χ1n) is 9.64. The average molecular weight is 389 g/mol. The first-order chi connectivity index (χ1) is 14.1. The SMILES string of the molecule is CN(C)c1cc([C@@H]2CCCN(C(=O)c3ccncc3)C2)nc(-c2cnccn2)n1. The highest BCUT2D eigenvalue weighted by atomic mass is 16.2. The van der Waals surface area contributed by atoms with Gasteiger partial charge in [-0.05, 0) is 25.0 Å². The average Bonchev–Trinajstić information content (AvgIpc) is 2.79. The maximum Gasteiger partial charge on any atom is 0.253 e. The molecule has 0 bridgehead atoms. The van der Waals surface area contributed by atoms with E-state index in [1.54, 1.807) is 43.1 Å². The van der Waals surface area contributed by atoms with E-state index in [4.69, 9.17) is 4.98 Å².